The Labute approximate surface area is 157 Å². The first-order valence-electron chi connectivity index (χ1n) is 8.52. The second-order valence-corrected chi connectivity index (χ2v) is 6.28. The summed E-state index contributed by atoms with van der Waals surface area (Å²) in [6.45, 7) is 0.132. The number of hydrazine groups is 1. The fourth-order valence-electron chi connectivity index (χ4n) is 2.50. The lowest BCUT2D eigenvalue weighted by molar-refractivity contribution is -0.384. The Morgan fingerprint density at radius 3 is 2.64 bits per heavy atom. The Hall–Kier alpha value is -3.70. The average Bonchev–Trinajstić information content (AvgIpc) is 3.41. The van der Waals surface area contributed by atoms with Crippen LogP contribution in [0.1, 0.15) is 25.7 Å². The lowest BCUT2D eigenvalue weighted by atomic mass is 10.2. The number of nitro benzene ring substituents is 1. The third kappa shape index (κ3) is 4.52. The smallest absolute Gasteiger partial charge is 0.407 e. The first kappa shape index (κ1) is 19.1. The third-order valence-electron chi connectivity index (χ3n) is 4.08. The summed E-state index contributed by atoms with van der Waals surface area (Å²) in [6, 6.07) is 3.83. The van der Waals surface area contributed by atoms with Gasteiger partial charge in [-0.2, -0.15) is 0 Å². The maximum atomic E-state index is 11.9. The zero-order chi connectivity index (χ0) is 20.3. The Morgan fingerprint density at radius 2 is 1.96 bits per heavy atom. The van der Waals surface area contributed by atoms with Crippen molar-refractivity contribution in [3.8, 4) is 0 Å². The summed E-state index contributed by atoms with van der Waals surface area (Å²) in [5, 5.41) is 13.3. The van der Waals surface area contributed by atoms with Crippen molar-refractivity contribution >= 4 is 34.5 Å². The molecule has 1 aliphatic rings. The van der Waals surface area contributed by atoms with Gasteiger partial charge in [0.1, 0.15) is 0 Å². The molecule has 1 aromatic heterocycles. The van der Waals surface area contributed by atoms with Crippen molar-refractivity contribution in [1.82, 2.24) is 20.7 Å². The van der Waals surface area contributed by atoms with Crippen LogP contribution in [0, 0.1) is 10.1 Å². The molecular formula is C16H17N5O7. The van der Waals surface area contributed by atoms with Gasteiger partial charge in [0, 0.05) is 25.1 Å². The Kier molecular flexibility index (Phi) is 5.38. The van der Waals surface area contributed by atoms with E-state index in [0.717, 1.165) is 18.9 Å². The molecule has 1 saturated carbocycles. The molecule has 0 saturated heterocycles. The van der Waals surface area contributed by atoms with Crippen molar-refractivity contribution in [3.05, 3.63) is 38.9 Å². The molecule has 1 fully saturated rings. The molecule has 148 valence electrons. The van der Waals surface area contributed by atoms with Crippen LogP contribution in [0.3, 0.4) is 0 Å². The van der Waals surface area contributed by atoms with Gasteiger partial charge in [0.25, 0.3) is 5.69 Å². The van der Waals surface area contributed by atoms with Crippen molar-refractivity contribution in [3.63, 3.8) is 0 Å². The van der Waals surface area contributed by atoms with Crippen LogP contribution in [0.4, 0.5) is 5.69 Å². The predicted octanol–water partition coefficient (Wildman–Crippen LogP) is -0.291. The molecule has 0 bridgehead atoms. The van der Waals surface area contributed by atoms with Crippen molar-refractivity contribution in [2.24, 2.45) is 0 Å². The molecule has 1 aliphatic carbocycles. The summed E-state index contributed by atoms with van der Waals surface area (Å²) < 4.78 is 6.25. The van der Waals surface area contributed by atoms with Crippen LogP contribution in [0.15, 0.2) is 27.4 Å². The SMILES string of the molecule is O=C(CCCn1c(=O)oc2cc([N+](=O)[O-])ccc21)NNC(=O)C(=O)NC1CC1. The summed E-state index contributed by atoms with van der Waals surface area (Å²) in [7, 11) is 0. The van der Waals surface area contributed by atoms with Crippen molar-refractivity contribution in [2.75, 3.05) is 0 Å². The summed E-state index contributed by atoms with van der Waals surface area (Å²) in [6.07, 6.45) is 1.87. The summed E-state index contributed by atoms with van der Waals surface area (Å²) in [4.78, 5) is 56.8. The molecule has 3 N–H and O–H groups in total. The molecule has 0 unspecified atom stereocenters. The predicted molar refractivity (Wildman–Crippen MR) is 93.8 cm³/mol. The molecule has 12 nitrogen and oxygen atoms in total. The zero-order valence-corrected chi connectivity index (χ0v) is 14.6. The van der Waals surface area contributed by atoms with E-state index in [-0.39, 0.29) is 36.7 Å². The van der Waals surface area contributed by atoms with Crippen LogP contribution in [-0.2, 0) is 20.9 Å². The molecule has 0 spiro atoms. The number of rotatable bonds is 6. The molecule has 0 aliphatic heterocycles. The quantitative estimate of drug-likeness (QED) is 0.345. The number of non-ortho nitro benzene ring substituents is 1. The van der Waals surface area contributed by atoms with Gasteiger partial charge in [-0.3, -0.25) is 39.9 Å². The number of hydrogen-bond donors (Lipinski definition) is 3. The monoisotopic (exact) mass is 391 g/mol. The van der Waals surface area contributed by atoms with Gasteiger partial charge < -0.3 is 9.73 Å². The number of nitrogens with zero attached hydrogens (tertiary/aromatic N) is 2. The highest BCUT2D eigenvalue weighted by Crippen LogP contribution is 2.20. The van der Waals surface area contributed by atoms with Crippen LogP contribution in [0.2, 0.25) is 0 Å². The lowest BCUT2D eigenvalue weighted by Crippen LogP contribution is -2.48. The van der Waals surface area contributed by atoms with E-state index in [1.165, 1.54) is 16.7 Å². The molecule has 1 aromatic carbocycles. The van der Waals surface area contributed by atoms with E-state index in [4.69, 9.17) is 4.42 Å². The van der Waals surface area contributed by atoms with Gasteiger partial charge in [0.05, 0.1) is 16.5 Å². The highest BCUT2D eigenvalue weighted by molar-refractivity contribution is 6.35. The number of carbonyl (C=O) groups is 3. The molecule has 12 heteroatoms. The van der Waals surface area contributed by atoms with Gasteiger partial charge in [0.2, 0.25) is 5.91 Å². The van der Waals surface area contributed by atoms with E-state index < -0.39 is 28.4 Å². The topological polar surface area (TPSA) is 166 Å². The number of benzene rings is 1. The largest absolute Gasteiger partial charge is 0.419 e. The first-order chi connectivity index (χ1) is 13.3. The standard InChI is InChI=1S/C16H17N5O7/c22-13(18-19-15(24)14(23)17-9-3-4-9)2-1-7-20-11-6-5-10(21(26)27)8-12(11)28-16(20)25/h5-6,8-9H,1-4,7H2,(H,17,23)(H,18,22)(H,19,24). The highest BCUT2D eigenvalue weighted by Gasteiger charge is 2.26. The molecular weight excluding hydrogens is 374 g/mol. The van der Waals surface area contributed by atoms with E-state index in [2.05, 4.69) is 10.7 Å². The maximum absolute atomic E-state index is 11.9. The maximum Gasteiger partial charge on any atom is 0.419 e. The van der Waals surface area contributed by atoms with E-state index >= 15 is 0 Å². The number of nitro groups is 1. The molecule has 2 aromatic rings. The summed E-state index contributed by atoms with van der Waals surface area (Å²) >= 11 is 0. The number of nitrogens with one attached hydrogen (secondary N) is 3. The van der Waals surface area contributed by atoms with Crippen molar-refractivity contribution in [1.29, 1.82) is 0 Å². The van der Waals surface area contributed by atoms with Gasteiger partial charge in [-0.1, -0.05) is 0 Å². The minimum absolute atomic E-state index is 0.0264. The van der Waals surface area contributed by atoms with Crippen LogP contribution >= 0.6 is 0 Å². The molecule has 0 radical (unpaired) electrons. The van der Waals surface area contributed by atoms with Gasteiger partial charge in [-0.25, -0.2) is 4.79 Å². The van der Waals surface area contributed by atoms with E-state index in [1.54, 1.807) is 0 Å². The first-order valence-corrected chi connectivity index (χ1v) is 8.52. The van der Waals surface area contributed by atoms with Crippen LogP contribution in [-0.4, -0.2) is 33.3 Å². The molecule has 0 atom stereocenters. The zero-order valence-electron chi connectivity index (χ0n) is 14.6. The minimum Gasteiger partial charge on any atom is -0.407 e. The number of fused-ring (bicyclic) bond motifs is 1. The van der Waals surface area contributed by atoms with Gasteiger partial charge in [-0.15, -0.1) is 0 Å². The van der Waals surface area contributed by atoms with Crippen LogP contribution in [0.5, 0.6) is 0 Å². The normalized spacial score (nSPS) is 13.1. The summed E-state index contributed by atoms with van der Waals surface area (Å²) in [5.74, 6) is -3.00. The van der Waals surface area contributed by atoms with Crippen LogP contribution < -0.4 is 21.9 Å². The summed E-state index contributed by atoms with van der Waals surface area (Å²) in [5.41, 5.74) is 4.40. The van der Waals surface area contributed by atoms with Gasteiger partial charge in [-0.05, 0) is 25.3 Å². The number of amides is 3. The van der Waals surface area contributed by atoms with Crippen LogP contribution in [0.25, 0.3) is 11.1 Å². The number of aryl methyl sites for hydroxylation is 1. The minimum atomic E-state index is -0.959. The van der Waals surface area contributed by atoms with Crippen molar-refractivity contribution < 1.29 is 23.7 Å². The second-order valence-electron chi connectivity index (χ2n) is 6.28. The average molecular weight is 391 g/mol. The molecule has 1 heterocycles. The number of aromatic nitrogens is 1. The fraction of sp³-hybridized carbons (Fsp3) is 0.375. The number of oxazole rings is 1. The van der Waals surface area contributed by atoms with Gasteiger partial charge in [0.15, 0.2) is 5.58 Å². The Balaban J connectivity index is 1.49. The molecule has 3 rings (SSSR count). The Morgan fingerprint density at radius 1 is 1.21 bits per heavy atom. The van der Waals surface area contributed by atoms with Crippen molar-refractivity contribution in [2.45, 2.75) is 38.3 Å². The third-order valence-corrected chi connectivity index (χ3v) is 4.08. The number of hydrogen-bond acceptors (Lipinski definition) is 7. The Bertz CT molecular complexity index is 1000. The highest BCUT2D eigenvalue weighted by atomic mass is 16.6. The number of carbonyl (C=O) groups excluding carboxylic acids is 3. The second kappa shape index (κ2) is 7.90. The van der Waals surface area contributed by atoms with E-state index in [0.29, 0.717) is 5.52 Å². The van der Waals surface area contributed by atoms with E-state index in [1.807, 2.05) is 5.43 Å². The molecule has 3 amide bonds. The van der Waals surface area contributed by atoms with E-state index in [9.17, 15) is 29.3 Å². The molecule has 28 heavy (non-hydrogen) atoms. The fourth-order valence-corrected chi connectivity index (χ4v) is 2.50. The van der Waals surface area contributed by atoms with Gasteiger partial charge >= 0.3 is 17.6 Å². The lowest BCUT2D eigenvalue weighted by Gasteiger charge is -2.07.